The maximum atomic E-state index is 11.7. The van der Waals surface area contributed by atoms with Crippen molar-refractivity contribution < 1.29 is 4.79 Å². The van der Waals surface area contributed by atoms with Gasteiger partial charge in [0, 0.05) is 5.69 Å². The molecule has 0 spiro atoms. The SMILES string of the molecule is CSCC(C)CNCC(=O)Nc1ccc(C)cc1. The molecule has 1 atom stereocenters. The highest BCUT2D eigenvalue weighted by atomic mass is 32.2. The van der Waals surface area contributed by atoms with Crippen molar-refractivity contribution >= 4 is 23.4 Å². The van der Waals surface area contributed by atoms with Gasteiger partial charge in [-0.05, 0) is 43.5 Å². The number of carbonyl (C=O) groups is 1. The predicted octanol–water partition coefficient (Wildman–Crippen LogP) is 2.52. The van der Waals surface area contributed by atoms with Gasteiger partial charge in [-0.1, -0.05) is 24.6 Å². The Labute approximate surface area is 114 Å². The molecule has 0 saturated heterocycles. The molecule has 1 aromatic carbocycles. The monoisotopic (exact) mass is 266 g/mol. The van der Waals surface area contributed by atoms with Crippen molar-refractivity contribution in [1.29, 1.82) is 0 Å². The van der Waals surface area contributed by atoms with Gasteiger partial charge in [-0.15, -0.1) is 0 Å². The Bertz CT molecular complexity index is 365. The van der Waals surface area contributed by atoms with E-state index in [0.29, 0.717) is 12.5 Å². The van der Waals surface area contributed by atoms with Crippen LogP contribution in [-0.2, 0) is 4.79 Å². The second-order valence-electron chi connectivity index (χ2n) is 4.61. The Balaban J connectivity index is 2.23. The number of hydrogen-bond donors (Lipinski definition) is 2. The molecule has 0 bridgehead atoms. The molecule has 3 nitrogen and oxygen atoms in total. The van der Waals surface area contributed by atoms with Crippen molar-refractivity contribution in [2.24, 2.45) is 5.92 Å². The predicted molar refractivity (Wildman–Crippen MR) is 80.2 cm³/mol. The number of benzene rings is 1. The van der Waals surface area contributed by atoms with E-state index in [9.17, 15) is 4.79 Å². The van der Waals surface area contributed by atoms with E-state index in [1.54, 1.807) is 0 Å². The molecule has 18 heavy (non-hydrogen) atoms. The quantitative estimate of drug-likeness (QED) is 0.797. The second kappa shape index (κ2) is 8.16. The summed E-state index contributed by atoms with van der Waals surface area (Å²) in [6, 6.07) is 7.82. The van der Waals surface area contributed by atoms with Crippen molar-refractivity contribution in [3.8, 4) is 0 Å². The maximum absolute atomic E-state index is 11.7. The highest BCUT2D eigenvalue weighted by Crippen LogP contribution is 2.08. The summed E-state index contributed by atoms with van der Waals surface area (Å²) in [5.41, 5.74) is 2.04. The van der Waals surface area contributed by atoms with Crippen LogP contribution in [0.3, 0.4) is 0 Å². The van der Waals surface area contributed by atoms with Crippen LogP contribution in [-0.4, -0.2) is 31.0 Å². The molecule has 0 aliphatic heterocycles. The molecule has 2 N–H and O–H groups in total. The van der Waals surface area contributed by atoms with E-state index in [-0.39, 0.29) is 5.91 Å². The lowest BCUT2D eigenvalue weighted by Gasteiger charge is -2.11. The van der Waals surface area contributed by atoms with Crippen molar-refractivity contribution in [1.82, 2.24) is 5.32 Å². The number of nitrogens with one attached hydrogen (secondary N) is 2. The van der Waals surface area contributed by atoms with Crippen molar-refractivity contribution in [3.63, 3.8) is 0 Å². The average molecular weight is 266 g/mol. The molecule has 1 unspecified atom stereocenters. The summed E-state index contributed by atoms with van der Waals surface area (Å²) in [4.78, 5) is 11.7. The van der Waals surface area contributed by atoms with Crippen LogP contribution in [0.15, 0.2) is 24.3 Å². The standard InChI is InChI=1S/C14H22N2OS/c1-11-4-6-13(7-5-11)16-14(17)9-15-8-12(2)10-18-3/h4-7,12,15H,8-10H2,1-3H3,(H,16,17). The number of anilines is 1. The Hall–Kier alpha value is -1.00. The van der Waals surface area contributed by atoms with Crippen LogP contribution >= 0.6 is 11.8 Å². The third-order valence-corrected chi connectivity index (χ3v) is 3.47. The van der Waals surface area contributed by atoms with Crippen LogP contribution in [0.5, 0.6) is 0 Å². The fourth-order valence-electron chi connectivity index (χ4n) is 1.62. The van der Waals surface area contributed by atoms with E-state index in [2.05, 4.69) is 23.8 Å². The Kier molecular flexibility index (Phi) is 6.83. The molecule has 0 heterocycles. The Morgan fingerprint density at radius 2 is 2.00 bits per heavy atom. The molecule has 0 fully saturated rings. The summed E-state index contributed by atoms with van der Waals surface area (Å²) >= 11 is 1.83. The zero-order valence-electron chi connectivity index (χ0n) is 11.3. The lowest BCUT2D eigenvalue weighted by atomic mass is 10.2. The van der Waals surface area contributed by atoms with Crippen LogP contribution in [0, 0.1) is 12.8 Å². The molecule has 1 amide bonds. The Morgan fingerprint density at radius 3 is 2.61 bits per heavy atom. The zero-order valence-corrected chi connectivity index (χ0v) is 12.1. The van der Waals surface area contributed by atoms with E-state index in [1.165, 1.54) is 5.56 Å². The number of thioether (sulfide) groups is 1. The smallest absolute Gasteiger partial charge is 0.238 e. The van der Waals surface area contributed by atoms with Gasteiger partial charge in [0.05, 0.1) is 6.54 Å². The van der Waals surface area contributed by atoms with Crippen LogP contribution in [0.25, 0.3) is 0 Å². The number of hydrogen-bond acceptors (Lipinski definition) is 3. The average Bonchev–Trinajstić information content (AvgIpc) is 2.32. The third kappa shape index (κ3) is 6.07. The fourth-order valence-corrected chi connectivity index (χ4v) is 2.30. The molecule has 0 radical (unpaired) electrons. The zero-order chi connectivity index (χ0) is 13.4. The lowest BCUT2D eigenvalue weighted by Crippen LogP contribution is -2.31. The minimum atomic E-state index is 0.00945. The minimum absolute atomic E-state index is 0.00945. The summed E-state index contributed by atoms with van der Waals surface area (Å²) in [5, 5.41) is 6.04. The first-order valence-corrected chi connectivity index (χ1v) is 7.57. The maximum Gasteiger partial charge on any atom is 0.238 e. The molecule has 0 saturated carbocycles. The van der Waals surface area contributed by atoms with Crippen LogP contribution in [0.2, 0.25) is 0 Å². The molecular formula is C14H22N2OS. The van der Waals surface area contributed by atoms with E-state index < -0.39 is 0 Å². The van der Waals surface area contributed by atoms with Crippen molar-refractivity contribution in [2.45, 2.75) is 13.8 Å². The van der Waals surface area contributed by atoms with E-state index >= 15 is 0 Å². The van der Waals surface area contributed by atoms with Gasteiger partial charge < -0.3 is 10.6 Å². The van der Waals surface area contributed by atoms with E-state index in [4.69, 9.17) is 0 Å². The summed E-state index contributed by atoms with van der Waals surface area (Å²) < 4.78 is 0. The van der Waals surface area contributed by atoms with Gasteiger partial charge >= 0.3 is 0 Å². The highest BCUT2D eigenvalue weighted by molar-refractivity contribution is 7.98. The topological polar surface area (TPSA) is 41.1 Å². The van der Waals surface area contributed by atoms with Gasteiger partial charge in [-0.2, -0.15) is 11.8 Å². The number of rotatable bonds is 7. The molecule has 0 aliphatic rings. The molecule has 0 aliphatic carbocycles. The summed E-state index contributed by atoms with van der Waals surface area (Å²) in [6.07, 6.45) is 2.10. The van der Waals surface area contributed by atoms with Crippen LogP contribution in [0.1, 0.15) is 12.5 Å². The molecule has 4 heteroatoms. The van der Waals surface area contributed by atoms with Crippen molar-refractivity contribution in [3.05, 3.63) is 29.8 Å². The number of carbonyl (C=O) groups excluding carboxylic acids is 1. The van der Waals surface area contributed by atoms with Gasteiger partial charge in [0.25, 0.3) is 0 Å². The molecule has 0 aromatic heterocycles. The summed E-state index contributed by atoms with van der Waals surface area (Å²) in [5.74, 6) is 1.72. The van der Waals surface area contributed by atoms with Gasteiger partial charge in [-0.3, -0.25) is 4.79 Å². The normalized spacial score (nSPS) is 12.2. The highest BCUT2D eigenvalue weighted by Gasteiger charge is 2.04. The molecule has 1 aromatic rings. The molecule has 100 valence electrons. The lowest BCUT2D eigenvalue weighted by molar-refractivity contribution is -0.115. The van der Waals surface area contributed by atoms with Crippen LogP contribution < -0.4 is 10.6 Å². The van der Waals surface area contributed by atoms with Gasteiger partial charge in [0.15, 0.2) is 0 Å². The first-order chi connectivity index (χ1) is 8.61. The van der Waals surface area contributed by atoms with Crippen molar-refractivity contribution in [2.75, 3.05) is 30.4 Å². The number of amides is 1. The summed E-state index contributed by atoms with van der Waals surface area (Å²) in [7, 11) is 0. The van der Waals surface area contributed by atoms with E-state index in [1.807, 2.05) is 43.0 Å². The number of aryl methyl sites for hydroxylation is 1. The largest absolute Gasteiger partial charge is 0.325 e. The Morgan fingerprint density at radius 1 is 1.33 bits per heavy atom. The molecule has 1 rings (SSSR count). The summed E-state index contributed by atoms with van der Waals surface area (Å²) in [6.45, 7) is 5.45. The van der Waals surface area contributed by atoms with Gasteiger partial charge in [0.2, 0.25) is 5.91 Å². The first-order valence-electron chi connectivity index (χ1n) is 6.18. The van der Waals surface area contributed by atoms with Gasteiger partial charge in [0.1, 0.15) is 0 Å². The van der Waals surface area contributed by atoms with E-state index in [0.717, 1.165) is 18.0 Å². The minimum Gasteiger partial charge on any atom is -0.325 e. The van der Waals surface area contributed by atoms with Gasteiger partial charge in [-0.25, -0.2) is 0 Å². The third-order valence-electron chi connectivity index (χ3n) is 2.56. The second-order valence-corrected chi connectivity index (χ2v) is 5.52. The van der Waals surface area contributed by atoms with Crippen LogP contribution in [0.4, 0.5) is 5.69 Å². The fraction of sp³-hybridized carbons (Fsp3) is 0.500. The first kappa shape index (κ1) is 15.1. The molecular weight excluding hydrogens is 244 g/mol.